The molecule has 3 N–H and O–H groups in total. The standard InChI is InChI=1S/C11H24N2O2/c1-4-10(12)8-11(14)13-6-5-7-15-9(2)3/h9-10H,4-8,12H2,1-3H3,(H,13,14). The van der Waals surface area contributed by atoms with Crippen molar-refractivity contribution in [2.45, 2.75) is 52.2 Å². The minimum absolute atomic E-state index is 0.0167. The third-order valence-corrected chi connectivity index (χ3v) is 2.07. The minimum Gasteiger partial charge on any atom is -0.379 e. The molecule has 1 atom stereocenters. The smallest absolute Gasteiger partial charge is 0.221 e. The van der Waals surface area contributed by atoms with Crippen molar-refractivity contribution < 1.29 is 9.53 Å². The Morgan fingerprint density at radius 3 is 2.67 bits per heavy atom. The fraction of sp³-hybridized carbons (Fsp3) is 0.909. The van der Waals surface area contributed by atoms with Crippen molar-refractivity contribution in [3.05, 3.63) is 0 Å². The zero-order valence-corrected chi connectivity index (χ0v) is 10.1. The number of rotatable bonds is 8. The summed E-state index contributed by atoms with van der Waals surface area (Å²) in [6.07, 6.45) is 2.37. The lowest BCUT2D eigenvalue weighted by Crippen LogP contribution is -2.32. The van der Waals surface area contributed by atoms with Crippen LogP contribution in [-0.4, -0.2) is 31.2 Å². The third-order valence-electron chi connectivity index (χ3n) is 2.07. The summed E-state index contributed by atoms with van der Waals surface area (Å²) in [7, 11) is 0. The normalized spacial score (nSPS) is 12.9. The van der Waals surface area contributed by atoms with Gasteiger partial charge in [0.05, 0.1) is 6.10 Å². The van der Waals surface area contributed by atoms with Gasteiger partial charge < -0.3 is 15.8 Å². The highest BCUT2D eigenvalue weighted by Crippen LogP contribution is 1.93. The first-order chi connectivity index (χ1) is 7.06. The fourth-order valence-electron chi connectivity index (χ4n) is 1.07. The van der Waals surface area contributed by atoms with Crippen LogP contribution in [0, 0.1) is 0 Å². The lowest BCUT2D eigenvalue weighted by atomic mass is 10.1. The van der Waals surface area contributed by atoms with E-state index in [4.69, 9.17) is 10.5 Å². The number of ether oxygens (including phenoxy) is 1. The van der Waals surface area contributed by atoms with Gasteiger partial charge in [0.15, 0.2) is 0 Å². The van der Waals surface area contributed by atoms with E-state index < -0.39 is 0 Å². The maximum absolute atomic E-state index is 11.3. The zero-order valence-electron chi connectivity index (χ0n) is 10.1. The van der Waals surface area contributed by atoms with Gasteiger partial charge in [0.2, 0.25) is 5.91 Å². The van der Waals surface area contributed by atoms with Gasteiger partial charge in [-0.3, -0.25) is 4.79 Å². The lowest BCUT2D eigenvalue weighted by molar-refractivity contribution is -0.121. The van der Waals surface area contributed by atoms with Gasteiger partial charge in [-0.25, -0.2) is 0 Å². The van der Waals surface area contributed by atoms with Crippen molar-refractivity contribution in [2.75, 3.05) is 13.2 Å². The SMILES string of the molecule is CCC(N)CC(=O)NCCCOC(C)C. The Balaban J connectivity index is 3.31. The first-order valence-electron chi connectivity index (χ1n) is 5.70. The van der Waals surface area contributed by atoms with Crippen LogP contribution in [0.3, 0.4) is 0 Å². The first-order valence-corrected chi connectivity index (χ1v) is 5.70. The fourth-order valence-corrected chi connectivity index (χ4v) is 1.07. The first kappa shape index (κ1) is 14.4. The Bertz CT molecular complexity index is 172. The Labute approximate surface area is 92.6 Å². The molecule has 0 bridgehead atoms. The van der Waals surface area contributed by atoms with Crippen molar-refractivity contribution >= 4 is 5.91 Å². The van der Waals surface area contributed by atoms with E-state index in [-0.39, 0.29) is 18.1 Å². The van der Waals surface area contributed by atoms with E-state index in [2.05, 4.69) is 5.32 Å². The molecule has 4 nitrogen and oxygen atoms in total. The van der Waals surface area contributed by atoms with Crippen LogP contribution in [0.15, 0.2) is 0 Å². The molecule has 0 aliphatic heterocycles. The van der Waals surface area contributed by atoms with Gasteiger partial charge in [0, 0.05) is 25.6 Å². The summed E-state index contributed by atoms with van der Waals surface area (Å²) in [5.74, 6) is 0.0360. The summed E-state index contributed by atoms with van der Waals surface area (Å²) < 4.78 is 5.35. The number of nitrogens with two attached hydrogens (primary N) is 1. The number of hydrogen-bond acceptors (Lipinski definition) is 3. The van der Waals surface area contributed by atoms with Crippen molar-refractivity contribution in [1.29, 1.82) is 0 Å². The van der Waals surface area contributed by atoms with Crippen LogP contribution in [0.4, 0.5) is 0 Å². The predicted molar refractivity (Wildman–Crippen MR) is 61.6 cm³/mol. The third kappa shape index (κ3) is 9.69. The van der Waals surface area contributed by atoms with Crippen molar-refractivity contribution in [1.82, 2.24) is 5.32 Å². The number of hydrogen-bond donors (Lipinski definition) is 2. The van der Waals surface area contributed by atoms with Gasteiger partial charge in [-0.05, 0) is 26.7 Å². The molecule has 0 saturated heterocycles. The van der Waals surface area contributed by atoms with E-state index >= 15 is 0 Å². The molecule has 0 saturated carbocycles. The monoisotopic (exact) mass is 216 g/mol. The summed E-state index contributed by atoms with van der Waals surface area (Å²) in [6.45, 7) is 7.34. The molecule has 90 valence electrons. The summed E-state index contributed by atoms with van der Waals surface area (Å²) in [4.78, 5) is 11.3. The molecule has 0 fully saturated rings. The van der Waals surface area contributed by atoms with Crippen molar-refractivity contribution in [2.24, 2.45) is 5.73 Å². The Morgan fingerprint density at radius 1 is 1.47 bits per heavy atom. The molecular weight excluding hydrogens is 192 g/mol. The number of amides is 1. The Morgan fingerprint density at radius 2 is 2.13 bits per heavy atom. The predicted octanol–water partition coefficient (Wildman–Crippen LogP) is 1.05. The topological polar surface area (TPSA) is 64.4 Å². The van der Waals surface area contributed by atoms with Crippen molar-refractivity contribution in [3.8, 4) is 0 Å². The average Bonchev–Trinajstić information content (AvgIpc) is 2.16. The number of carbonyl (C=O) groups is 1. The van der Waals surface area contributed by atoms with Crippen LogP contribution >= 0.6 is 0 Å². The molecule has 0 aliphatic rings. The molecule has 1 amide bonds. The van der Waals surface area contributed by atoms with E-state index in [0.717, 1.165) is 12.8 Å². The highest BCUT2D eigenvalue weighted by atomic mass is 16.5. The van der Waals surface area contributed by atoms with Gasteiger partial charge in [0.1, 0.15) is 0 Å². The molecule has 0 heterocycles. The summed E-state index contributed by atoms with van der Waals surface area (Å²) in [6, 6.07) is -0.0167. The maximum Gasteiger partial charge on any atom is 0.221 e. The second-order valence-corrected chi connectivity index (χ2v) is 4.00. The van der Waals surface area contributed by atoms with Gasteiger partial charge in [-0.1, -0.05) is 6.92 Å². The van der Waals surface area contributed by atoms with E-state index in [1.807, 2.05) is 20.8 Å². The highest BCUT2D eigenvalue weighted by molar-refractivity contribution is 5.76. The molecule has 0 aliphatic carbocycles. The molecule has 0 spiro atoms. The average molecular weight is 216 g/mol. The lowest BCUT2D eigenvalue weighted by Gasteiger charge is -2.10. The molecular formula is C11H24N2O2. The molecule has 15 heavy (non-hydrogen) atoms. The van der Waals surface area contributed by atoms with E-state index in [1.165, 1.54) is 0 Å². The quantitative estimate of drug-likeness (QED) is 0.596. The zero-order chi connectivity index (χ0) is 11.7. The van der Waals surface area contributed by atoms with Gasteiger partial charge in [0.25, 0.3) is 0 Å². The van der Waals surface area contributed by atoms with Crippen LogP contribution in [0.25, 0.3) is 0 Å². The van der Waals surface area contributed by atoms with Crippen LogP contribution in [0.2, 0.25) is 0 Å². The second kappa shape index (κ2) is 8.68. The molecule has 0 aromatic rings. The van der Waals surface area contributed by atoms with E-state index in [1.54, 1.807) is 0 Å². The highest BCUT2D eigenvalue weighted by Gasteiger charge is 2.06. The largest absolute Gasteiger partial charge is 0.379 e. The van der Waals surface area contributed by atoms with E-state index in [0.29, 0.717) is 19.6 Å². The van der Waals surface area contributed by atoms with Crippen LogP contribution in [-0.2, 0) is 9.53 Å². The van der Waals surface area contributed by atoms with Crippen LogP contribution in [0.1, 0.15) is 40.0 Å². The maximum atomic E-state index is 11.3. The Hall–Kier alpha value is -0.610. The van der Waals surface area contributed by atoms with Crippen LogP contribution < -0.4 is 11.1 Å². The van der Waals surface area contributed by atoms with Crippen LogP contribution in [0.5, 0.6) is 0 Å². The van der Waals surface area contributed by atoms with Gasteiger partial charge >= 0.3 is 0 Å². The number of carbonyl (C=O) groups excluding carboxylic acids is 1. The number of nitrogens with one attached hydrogen (secondary N) is 1. The van der Waals surface area contributed by atoms with Gasteiger partial charge in [-0.2, -0.15) is 0 Å². The summed E-state index contributed by atoms with van der Waals surface area (Å²) in [5.41, 5.74) is 5.66. The summed E-state index contributed by atoms with van der Waals surface area (Å²) in [5, 5.41) is 2.82. The summed E-state index contributed by atoms with van der Waals surface area (Å²) >= 11 is 0. The molecule has 0 aromatic heterocycles. The molecule has 1 unspecified atom stereocenters. The second-order valence-electron chi connectivity index (χ2n) is 4.00. The molecule has 0 rings (SSSR count). The van der Waals surface area contributed by atoms with Crippen molar-refractivity contribution in [3.63, 3.8) is 0 Å². The molecule has 0 radical (unpaired) electrons. The Kier molecular flexibility index (Phi) is 8.33. The minimum atomic E-state index is -0.0167. The molecule has 0 aromatic carbocycles. The van der Waals surface area contributed by atoms with Gasteiger partial charge in [-0.15, -0.1) is 0 Å². The van der Waals surface area contributed by atoms with E-state index in [9.17, 15) is 4.79 Å². The molecule has 4 heteroatoms.